The van der Waals surface area contributed by atoms with Crippen molar-refractivity contribution in [2.45, 2.75) is 79.6 Å². The smallest absolute Gasteiger partial charge is 1.00 e. The monoisotopic (exact) mass is 758 g/mol. The summed E-state index contributed by atoms with van der Waals surface area (Å²) < 4.78 is 6.24. The van der Waals surface area contributed by atoms with E-state index >= 15 is 0 Å². The summed E-state index contributed by atoms with van der Waals surface area (Å²) in [5.74, 6) is 0.445. The molecule has 0 bridgehead atoms. The van der Waals surface area contributed by atoms with Gasteiger partial charge in [0, 0.05) is 0 Å². The molecule has 0 heterocycles. The Kier molecular flexibility index (Phi) is 9.36. The van der Waals surface area contributed by atoms with Crippen molar-refractivity contribution in [1.82, 2.24) is 0 Å². The molecule has 0 fully saturated rings. The van der Waals surface area contributed by atoms with E-state index in [1.165, 1.54) is 83.5 Å². The van der Waals surface area contributed by atoms with E-state index in [2.05, 4.69) is 157 Å². The number of hydrogen-bond donors (Lipinski definition) is 0. The average Bonchev–Trinajstić information content (AvgIpc) is 3.67. The van der Waals surface area contributed by atoms with Gasteiger partial charge in [-0.25, -0.2) is 0 Å². The normalized spacial score (nSPS) is 19.1. The summed E-state index contributed by atoms with van der Waals surface area (Å²) in [6.07, 6.45) is 6.04. The summed E-state index contributed by atoms with van der Waals surface area (Å²) in [5.41, 5.74) is 22.0. The molecule has 3 heteroatoms. The van der Waals surface area contributed by atoms with Gasteiger partial charge in [0.15, 0.2) is 0 Å². The van der Waals surface area contributed by atoms with Gasteiger partial charge >= 0.3 is 292 Å². The number of aryl methyl sites for hydroxylation is 1. The van der Waals surface area contributed by atoms with Crippen molar-refractivity contribution >= 4 is 20.4 Å². The molecule has 49 heavy (non-hydrogen) atoms. The molecular formula is C46H46Cl2Zr. The zero-order valence-corrected chi connectivity index (χ0v) is 34.2. The first-order valence-corrected chi connectivity index (χ1v) is 21.3. The van der Waals surface area contributed by atoms with Crippen LogP contribution in [0.3, 0.4) is 0 Å². The van der Waals surface area contributed by atoms with E-state index in [4.69, 9.17) is 0 Å². The molecule has 0 spiro atoms. The second kappa shape index (κ2) is 12.7. The summed E-state index contributed by atoms with van der Waals surface area (Å²) >= 11 is -2.60. The maximum absolute atomic E-state index is 2.76. The Morgan fingerprint density at radius 1 is 0.694 bits per heavy atom. The minimum Gasteiger partial charge on any atom is -1.00 e. The second-order valence-corrected chi connectivity index (χ2v) is 21.0. The van der Waals surface area contributed by atoms with Crippen molar-refractivity contribution < 1.29 is 46.1 Å². The van der Waals surface area contributed by atoms with E-state index < -0.39 is 21.3 Å². The molecule has 4 aromatic carbocycles. The number of allylic oxidation sites excluding steroid dienone is 8. The first-order chi connectivity index (χ1) is 22.3. The molecule has 1 atom stereocenters. The van der Waals surface area contributed by atoms with Gasteiger partial charge in [0.1, 0.15) is 0 Å². The molecule has 0 amide bonds. The number of fused-ring (bicyclic) bond motifs is 5. The third kappa shape index (κ3) is 5.64. The Bertz CT molecular complexity index is 2180. The van der Waals surface area contributed by atoms with Gasteiger partial charge in [-0.15, -0.1) is 0 Å². The first-order valence-electron chi connectivity index (χ1n) is 17.4. The third-order valence-corrected chi connectivity index (χ3v) is 20.4. The predicted molar refractivity (Wildman–Crippen MR) is 200 cm³/mol. The van der Waals surface area contributed by atoms with Crippen LogP contribution in [-0.2, 0) is 38.5 Å². The van der Waals surface area contributed by atoms with Gasteiger partial charge in [0.05, 0.1) is 0 Å². The van der Waals surface area contributed by atoms with Gasteiger partial charge in [-0.05, 0) is 0 Å². The third-order valence-electron chi connectivity index (χ3n) is 11.6. The van der Waals surface area contributed by atoms with Crippen molar-refractivity contribution in [1.29, 1.82) is 0 Å². The van der Waals surface area contributed by atoms with Crippen LogP contribution in [0.1, 0.15) is 105 Å². The summed E-state index contributed by atoms with van der Waals surface area (Å²) in [6, 6.07) is 30.6. The fourth-order valence-corrected chi connectivity index (χ4v) is 18.1. The molecule has 0 aliphatic heterocycles. The molecule has 0 N–H and O–H groups in total. The minimum absolute atomic E-state index is 0. The van der Waals surface area contributed by atoms with E-state index in [0.29, 0.717) is 5.92 Å². The van der Waals surface area contributed by atoms with Gasteiger partial charge in [0.25, 0.3) is 0 Å². The largest absolute Gasteiger partial charge is 1.00 e. The Balaban J connectivity index is 0.00000208. The molecule has 1 unspecified atom stereocenters. The van der Waals surface area contributed by atoms with Gasteiger partial charge in [0.2, 0.25) is 0 Å². The van der Waals surface area contributed by atoms with Crippen LogP contribution in [0, 0.1) is 12.8 Å². The molecular weight excluding hydrogens is 715 g/mol. The molecule has 4 aromatic rings. The van der Waals surface area contributed by atoms with Crippen LogP contribution in [-0.4, -0.2) is 3.71 Å². The summed E-state index contributed by atoms with van der Waals surface area (Å²) in [5, 5.41) is 0. The van der Waals surface area contributed by atoms with Crippen LogP contribution in [0.15, 0.2) is 103 Å². The fourth-order valence-electron chi connectivity index (χ4n) is 9.39. The predicted octanol–water partition coefficient (Wildman–Crippen LogP) is 5.77. The van der Waals surface area contributed by atoms with Crippen molar-refractivity contribution in [2.24, 2.45) is 5.92 Å². The molecule has 0 radical (unpaired) electrons. The fraction of sp³-hybridized carbons (Fsp3) is 0.283. The summed E-state index contributed by atoms with van der Waals surface area (Å²) in [4.78, 5) is 0. The first kappa shape index (κ1) is 36.0. The van der Waals surface area contributed by atoms with Crippen molar-refractivity contribution in [3.05, 3.63) is 153 Å². The number of hydrogen-bond acceptors (Lipinski definition) is 0. The van der Waals surface area contributed by atoms with Gasteiger partial charge in [-0.3, -0.25) is 0 Å². The Morgan fingerprint density at radius 3 is 1.96 bits per heavy atom. The van der Waals surface area contributed by atoms with Crippen LogP contribution in [0.5, 0.6) is 0 Å². The summed E-state index contributed by atoms with van der Waals surface area (Å²) in [7, 11) is 0. The number of halogens is 2. The van der Waals surface area contributed by atoms with Gasteiger partial charge in [-0.1, -0.05) is 0 Å². The van der Waals surface area contributed by atoms with Gasteiger partial charge < -0.3 is 24.8 Å². The molecule has 4 aliphatic rings. The molecule has 4 aliphatic carbocycles. The van der Waals surface area contributed by atoms with Crippen molar-refractivity contribution in [3.8, 4) is 11.1 Å². The number of rotatable bonds is 4. The zero-order valence-electron chi connectivity index (χ0n) is 30.3. The Labute approximate surface area is 314 Å². The molecule has 0 saturated carbocycles. The Hall–Kier alpha value is -2.83. The summed E-state index contributed by atoms with van der Waals surface area (Å²) in [6.45, 7) is 21.6. The van der Waals surface area contributed by atoms with Crippen molar-refractivity contribution in [3.63, 3.8) is 0 Å². The second-order valence-electron chi connectivity index (χ2n) is 15.7. The zero-order chi connectivity index (χ0) is 33.0. The van der Waals surface area contributed by atoms with Crippen LogP contribution in [0.2, 0.25) is 0 Å². The van der Waals surface area contributed by atoms with Crippen LogP contribution in [0.25, 0.3) is 27.8 Å². The van der Waals surface area contributed by atoms with Crippen LogP contribution in [0.4, 0.5) is 0 Å². The van der Waals surface area contributed by atoms with Crippen molar-refractivity contribution in [2.75, 3.05) is 0 Å². The van der Waals surface area contributed by atoms with E-state index in [-0.39, 0.29) is 35.6 Å². The maximum Gasteiger partial charge on any atom is -1.00 e. The van der Waals surface area contributed by atoms with Crippen LogP contribution >= 0.6 is 0 Å². The SMILES string of the molecule is CC1=CC(C)(C)c2cc3c(cc21)-c1cc2c(cc1C3)C(C)(C)[C]([Zr+2](=[CH]c1ccc(C)cc1)[C]1=C(C)C(c3ccccc3)=CC1C)=C2C.[Cl-].[Cl-]. The van der Waals surface area contributed by atoms with E-state index in [1.807, 2.05) is 0 Å². The average molecular weight is 761 g/mol. The standard InChI is InChI=1S/C25H25.C13H13.C8H8.2ClH.Zr/c1-14-12-24(3,4)22-8-16-7-17-9-23-19(15(2)13-25(23,5)6)11-21(17)20(16)10-18(14)22;1-10-8-11(2)13(9-10)12-6-4-3-5-7-12;1-7-3-5-8(2)6-4-7;;;/h8-12H,7H2,1-6H3;3-7,9-10H,1-2H3;1,3-6H,2H3;2*1H;/q;;;;;+2/p-2. The molecule has 0 aromatic heterocycles. The quantitative estimate of drug-likeness (QED) is 0.219. The minimum atomic E-state index is -2.60. The van der Waals surface area contributed by atoms with E-state index in [0.717, 1.165) is 6.42 Å². The van der Waals surface area contributed by atoms with E-state index in [9.17, 15) is 0 Å². The molecule has 0 nitrogen and oxygen atoms in total. The van der Waals surface area contributed by atoms with Crippen LogP contribution < -0.4 is 24.8 Å². The molecule has 8 rings (SSSR count). The maximum atomic E-state index is 2.76. The number of benzene rings is 4. The van der Waals surface area contributed by atoms with Gasteiger partial charge in [-0.2, -0.15) is 0 Å². The van der Waals surface area contributed by atoms with E-state index in [1.54, 1.807) is 6.56 Å². The molecule has 248 valence electrons. The molecule has 0 saturated heterocycles. The Morgan fingerprint density at radius 2 is 1.31 bits per heavy atom. The topological polar surface area (TPSA) is 0 Å².